The van der Waals surface area contributed by atoms with Crippen LogP contribution in [-0.4, -0.2) is 28.8 Å². The number of rotatable bonds is 5. The molecule has 0 bridgehead atoms. The minimum atomic E-state index is -0.120. The van der Waals surface area contributed by atoms with Gasteiger partial charge in [0.05, 0.1) is 17.9 Å². The van der Waals surface area contributed by atoms with E-state index in [1.807, 2.05) is 31.2 Å². The molecule has 0 aliphatic rings. The number of ether oxygens (including phenoxy) is 2. The Labute approximate surface area is 106 Å². The van der Waals surface area contributed by atoms with Gasteiger partial charge in [-0.25, -0.2) is 4.68 Å². The van der Waals surface area contributed by atoms with Gasteiger partial charge in [-0.3, -0.25) is 0 Å². The van der Waals surface area contributed by atoms with Gasteiger partial charge in [-0.1, -0.05) is 18.2 Å². The first-order valence-electron chi connectivity index (χ1n) is 5.63. The number of aliphatic hydroxyl groups excluding tert-OH is 1. The maximum Gasteiger partial charge on any atom is 0.240 e. The van der Waals surface area contributed by atoms with Crippen molar-refractivity contribution in [3.8, 4) is 11.6 Å². The molecular formula is C13H16N2O3. The highest BCUT2D eigenvalue weighted by Gasteiger charge is 2.11. The Bertz CT molecular complexity index is 523. The van der Waals surface area contributed by atoms with E-state index >= 15 is 0 Å². The van der Waals surface area contributed by atoms with Crippen molar-refractivity contribution in [1.82, 2.24) is 9.78 Å². The quantitative estimate of drug-likeness (QED) is 0.817. The van der Waals surface area contributed by atoms with Gasteiger partial charge >= 0.3 is 0 Å². The van der Waals surface area contributed by atoms with Crippen LogP contribution in [0, 0.1) is 6.92 Å². The maximum absolute atomic E-state index is 9.27. The number of methoxy groups -OCH3 is 1. The highest BCUT2D eigenvalue weighted by molar-refractivity contribution is 5.41. The number of hydrogen-bond donors (Lipinski definition) is 1. The maximum atomic E-state index is 9.27. The van der Waals surface area contributed by atoms with Crippen LogP contribution in [0.1, 0.15) is 11.1 Å². The lowest BCUT2D eigenvalue weighted by Gasteiger charge is -2.04. The van der Waals surface area contributed by atoms with Crippen LogP contribution in [0.2, 0.25) is 0 Å². The monoisotopic (exact) mass is 248 g/mol. The van der Waals surface area contributed by atoms with Crippen LogP contribution in [0.15, 0.2) is 30.5 Å². The molecule has 2 rings (SSSR count). The van der Waals surface area contributed by atoms with E-state index < -0.39 is 0 Å². The summed E-state index contributed by atoms with van der Waals surface area (Å²) in [4.78, 5) is 0. The van der Waals surface area contributed by atoms with Crippen molar-refractivity contribution in [3.63, 3.8) is 0 Å². The Balaban J connectivity index is 2.35. The van der Waals surface area contributed by atoms with Gasteiger partial charge in [0.25, 0.3) is 0 Å². The second-order valence-corrected chi connectivity index (χ2v) is 3.90. The SMILES string of the molecule is COCOc1nn(-c2ccccc2C)cc1CO. The predicted octanol–water partition coefficient (Wildman–Crippen LogP) is 1.66. The molecule has 0 spiro atoms. The van der Waals surface area contributed by atoms with E-state index in [0.717, 1.165) is 11.3 Å². The first kappa shape index (κ1) is 12.6. The van der Waals surface area contributed by atoms with Crippen molar-refractivity contribution in [2.45, 2.75) is 13.5 Å². The number of nitrogens with zero attached hydrogens (tertiary/aromatic N) is 2. The molecule has 0 aliphatic carbocycles. The third-order valence-corrected chi connectivity index (χ3v) is 2.60. The third-order valence-electron chi connectivity index (χ3n) is 2.60. The molecule has 18 heavy (non-hydrogen) atoms. The minimum absolute atomic E-state index is 0.109. The van der Waals surface area contributed by atoms with Gasteiger partial charge in [-0.2, -0.15) is 0 Å². The fourth-order valence-corrected chi connectivity index (χ4v) is 1.68. The van der Waals surface area contributed by atoms with Crippen molar-refractivity contribution >= 4 is 0 Å². The summed E-state index contributed by atoms with van der Waals surface area (Å²) in [5, 5.41) is 13.6. The Morgan fingerprint density at radius 3 is 2.78 bits per heavy atom. The summed E-state index contributed by atoms with van der Waals surface area (Å²) in [7, 11) is 1.54. The molecule has 96 valence electrons. The molecule has 0 atom stereocenters. The first-order valence-corrected chi connectivity index (χ1v) is 5.63. The van der Waals surface area contributed by atoms with Crippen LogP contribution in [0.5, 0.6) is 5.88 Å². The summed E-state index contributed by atoms with van der Waals surface area (Å²) in [6.07, 6.45) is 1.76. The molecule has 0 unspecified atom stereocenters. The summed E-state index contributed by atoms with van der Waals surface area (Å²) in [6.45, 7) is 1.99. The fourth-order valence-electron chi connectivity index (χ4n) is 1.68. The molecule has 0 saturated heterocycles. The fraction of sp³-hybridized carbons (Fsp3) is 0.308. The largest absolute Gasteiger partial charge is 0.449 e. The van der Waals surface area contributed by atoms with E-state index in [1.165, 1.54) is 7.11 Å². The van der Waals surface area contributed by atoms with Crippen molar-refractivity contribution < 1.29 is 14.6 Å². The smallest absolute Gasteiger partial charge is 0.240 e. The van der Waals surface area contributed by atoms with Gasteiger partial charge in [0, 0.05) is 13.3 Å². The molecule has 0 fully saturated rings. The molecule has 1 aromatic heterocycles. The van der Waals surface area contributed by atoms with E-state index in [1.54, 1.807) is 10.9 Å². The van der Waals surface area contributed by atoms with Crippen LogP contribution in [0.25, 0.3) is 5.69 Å². The summed E-state index contributed by atoms with van der Waals surface area (Å²) in [5.74, 6) is 0.391. The lowest BCUT2D eigenvalue weighted by molar-refractivity contribution is 0.0460. The topological polar surface area (TPSA) is 56.5 Å². The molecule has 1 N–H and O–H groups in total. The van der Waals surface area contributed by atoms with Gasteiger partial charge in [0.15, 0.2) is 6.79 Å². The van der Waals surface area contributed by atoms with Crippen molar-refractivity contribution in [3.05, 3.63) is 41.6 Å². The van der Waals surface area contributed by atoms with Crippen molar-refractivity contribution in [1.29, 1.82) is 0 Å². The molecule has 0 radical (unpaired) electrons. The first-order chi connectivity index (χ1) is 8.76. The lowest BCUT2D eigenvalue weighted by atomic mass is 10.2. The van der Waals surface area contributed by atoms with Gasteiger partial charge in [0.1, 0.15) is 0 Å². The van der Waals surface area contributed by atoms with Gasteiger partial charge < -0.3 is 14.6 Å². The van der Waals surface area contributed by atoms with E-state index in [-0.39, 0.29) is 13.4 Å². The van der Waals surface area contributed by atoms with E-state index in [9.17, 15) is 5.11 Å². The molecule has 0 saturated carbocycles. The van der Waals surface area contributed by atoms with Crippen LogP contribution in [-0.2, 0) is 11.3 Å². The zero-order valence-electron chi connectivity index (χ0n) is 10.5. The number of aromatic nitrogens is 2. The lowest BCUT2D eigenvalue weighted by Crippen LogP contribution is -2.02. The van der Waals surface area contributed by atoms with Crippen molar-refractivity contribution in [2.75, 3.05) is 13.9 Å². The summed E-state index contributed by atoms with van der Waals surface area (Å²) in [5.41, 5.74) is 2.69. The summed E-state index contributed by atoms with van der Waals surface area (Å²) < 4.78 is 11.8. The molecule has 5 heteroatoms. The molecule has 0 amide bonds. The van der Waals surface area contributed by atoms with E-state index in [0.29, 0.717) is 11.4 Å². The van der Waals surface area contributed by atoms with Crippen LogP contribution >= 0.6 is 0 Å². The summed E-state index contributed by atoms with van der Waals surface area (Å²) >= 11 is 0. The molecular weight excluding hydrogens is 232 g/mol. The van der Waals surface area contributed by atoms with Gasteiger partial charge in [-0.15, -0.1) is 5.10 Å². The number of benzene rings is 1. The Kier molecular flexibility index (Phi) is 3.96. The van der Waals surface area contributed by atoms with E-state index in [4.69, 9.17) is 9.47 Å². The molecule has 0 aliphatic heterocycles. The zero-order valence-corrected chi connectivity index (χ0v) is 10.5. The normalized spacial score (nSPS) is 10.6. The highest BCUT2D eigenvalue weighted by atomic mass is 16.7. The molecule has 1 heterocycles. The highest BCUT2D eigenvalue weighted by Crippen LogP contribution is 2.20. The van der Waals surface area contributed by atoms with E-state index in [2.05, 4.69) is 5.10 Å². The predicted molar refractivity (Wildman–Crippen MR) is 66.7 cm³/mol. The average molecular weight is 248 g/mol. The second-order valence-electron chi connectivity index (χ2n) is 3.90. The second kappa shape index (κ2) is 5.66. The molecule has 1 aromatic carbocycles. The number of hydrogen-bond acceptors (Lipinski definition) is 4. The Morgan fingerprint density at radius 2 is 2.11 bits per heavy atom. The molecule has 2 aromatic rings. The zero-order chi connectivity index (χ0) is 13.0. The number of aryl methyl sites for hydroxylation is 1. The number of aliphatic hydroxyl groups is 1. The van der Waals surface area contributed by atoms with Crippen LogP contribution < -0.4 is 4.74 Å². The standard InChI is InChI=1S/C13H16N2O3/c1-10-5-3-4-6-12(10)15-7-11(8-16)13(14-15)18-9-17-2/h3-7,16H,8-9H2,1-2H3. The minimum Gasteiger partial charge on any atom is -0.449 e. The average Bonchev–Trinajstić information content (AvgIpc) is 2.80. The third kappa shape index (κ3) is 2.52. The number of para-hydroxylation sites is 1. The Morgan fingerprint density at radius 1 is 1.33 bits per heavy atom. The van der Waals surface area contributed by atoms with Gasteiger partial charge in [0.2, 0.25) is 5.88 Å². The molecule has 5 nitrogen and oxygen atoms in total. The van der Waals surface area contributed by atoms with Crippen molar-refractivity contribution in [2.24, 2.45) is 0 Å². The van der Waals surface area contributed by atoms with Gasteiger partial charge in [-0.05, 0) is 18.6 Å². The van der Waals surface area contributed by atoms with Crippen LogP contribution in [0.3, 0.4) is 0 Å². The summed E-state index contributed by atoms with van der Waals surface area (Å²) in [6, 6.07) is 7.88. The van der Waals surface area contributed by atoms with Crippen LogP contribution in [0.4, 0.5) is 0 Å². The Hall–Kier alpha value is -1.85.